The quantitative estimate of drug-likeness (QED) is 0.535. The summed E-state index contributed by atoms with van der Waals surface area (Å²) in [6, 6.07) is 22.0. The minimum Gasteiger partial charge on any atom is -0.497 e. The second-order valence-electron chi connectivity index (χ2n) is 6.56. The summed E-state index contributed by atoms with van der Waals surface area (Å²) < 4.78 is 10.5. The molecule has 3 aromatic rings. The zero-order valence-corrected chi connectivity index (χ0v) is 17.3. The molecule has 6 heteroatoms. The molecule has 4 rings (SSSR count). The van der Waals surface area contributed by atoms with Gasteiger partial charge in [-0.2, -0.15) is 0 Å². The fourth-order valence-corrected chi connectivity index (χ4v) is 3.42. The van der Waals surface area contributed by atoms with Gasteiger partial charge in [0.15, 0.2) is 0 Å². The van der Waals surface area contributed by atoms with E-state index in [1.807, 2.05) is 54.6 Å². The molecule has 30 heavy (non-hydrogen) atoms. The maximum Gasteiger partial charge on any atom is 0.282 e. The Morgan fingerprint density at radius 2 is 1.63 bits per heavy atom. The van der Waals surface area contributed by atoms with Crippen LogP contribution in [-0.4, -0.2) is 26.0 Å². The molecule has 1 aliphatic rings. The van der Waals surface area contributed by atoms with Gasteiger partial charge in [0, 0.05) is 5.56 Å². The number of carbonyl (C=O) groups is 1. The summed E-state index contributed by atoms with van der Waals surface area (Å²) in [5.41, 5.74) is 2.48. The van der Waals surface area contributed by atoms with Crippen molar-refractivity contribution in [2.24, 2.45) is 4.99 Å². The number of methoxy groups -OCH3 is 2. The summed E-state index contributed by atoms with van der Waals surface area (Å²) in [4.78, 5) is 19.6. The molecular formula is C24H19ClN2O3. The molecule has 0 aliphatic carbocycles. The molecule has 0 saturated heterocycles. The zero-order chi connectivity index (χ0) is 21.1. The number of hydrogen-bond donors (Lipinski definition) is 0. The van der Waals surface area contributed by atoms with Crippen molar-refractivity contribution in [3.63, 3.8) is 0 Å². The van der Waals surface area contributed by atoms with Gasteiger partial charge in [-0.15, -0.1) is 0 Å². The molecule has 0 bridgehead atoms. The number of carbonyl (C=O) groups excluding carboxylic acids is 1. The number of hydrogen-bond acceptors (Lipinski definition) is 4. The van der Waals surface area contributed by atoms with Crippen LogP contribution in [0.1, 0.15) is 11.1 Å². The van der Waals surface area contributed by atoms with Gasteiger partial charge in [-0.25, -0.2) is 4.99 Å². The number of ether oxygens (including phenoxy) is 2. The highest BCUT2D eigenvalue weighted by atomic mass is 35.5. The maximum absolute atomic E-state index is 13.4. The summed E-state index contributed by atoms with van der Waals surface area (Å²) in [7, 11) is 3.20. The molecule has 5 nitrogen and oxygen atoms in total. The predicted octanol–water partition coefficient (Wildman–Crippen LogP) is 5.19. The monoisotopic (exact) mass is 418 g/mol. The second-order valence-corrected chi connectivity index (χ2v) is 6.97. The van der Waals surface area contributed by atoms with Crippen LogP contribution in [0.2, 0.25) is 5.02 Å². The summed E-state index contributed by atoms with van der Waals surface area (Å²) in [6.45, 7) is 0. The molecule has 1 aliphatic heterocycles. The second kappa shape index (κ2) is 8.43. The van der Waals surface area contributed by atoms with Crippen LogP contribution in [0.25, 0.3) is 6.08 Å². The summed E-state index contributed by atoms with van der Waals surface area (Å²) in [6.07, 6.45) is 1.74. The molecule has 1 heterocycles. The molecule has 3 aromatic carbocycles. The average Bonchev–Trinajstić information content (AvgIpc) is 3.10. The van der Waals surface area contributed by atoms with Gasteiger partial charge in [0.05, 0.1) is 24.9 Å². The summed E-state index contributed by atoms with van der Waals surface area (Å²) in [5.74, 6) is 1.65. The number of halogens is 1. The number of aliphatic imine (C=N–C) groups is 1. The minimum atomic E-state index is -0.238. The van der Waals surface area contributed by atoms with Crippen molar-refractivity contribution in [3.05, 3.63) is 94.6 Å². The molecule has 0 aromatic heterocycles. The first-order valence-corrected chi connectivity index (χ1v) is 9.66. The Morgan fingerprint density at radius 1 is 0.900 bits per heavy atom. The largest absolute Gasteiger partial charge is 0.497 e. The van der Waals surface area contributed by atoms with E-state index in [-0.39, 0.29) is 5.91 Å². The van der Waals surface area contributed by atoms with E-state index in [2.05, 4.69) is 4.99 Å². The fourth-order valence-electron chi connectivity index (χ4n) is 3.20. The number of benzene rings is 3. The SMILES string of the molecule is COc1ccc(N2C(=O)/C(=C\c3cccc(OC)c3)N=C2c2ccccc2Cl)cc1. The van der Waals surface area contributed by atoms with E-state index in [0.717, 1.165) is 5.56 Å². The third-order valence-corrected chi connectivity index (χ3v) is 5.03. The fraction of sp³-hybridized carbons (Fsp3) is 0.0833. The highest BCUT2D eigenvalue weighted by Crippen LogP contribution is 2.31. The summed E-state index contributed by atoms with van der Waals surface area (Å²) in [5, 5.41) is 0.519. The molecule has 0 N–H and O–H groups in total. The number of rotatable bonds is 5. The zero-order valence-electron chi connectivity index (χ0n) is 16.5. The first-order chi connectivity index (χ1) is 14.6. The number of nitrogens with zero attached hydrogens (tertiary/aromatic N) is 2. The van der Waals surface area contributed by atoms with Crippen LogP contribution in [0.3, 0.4) is 0 Å². The Labute approximate surface area is 179 Å². The Kier molecular flexibility index (Phi) is 5.55. The van der Waals surface area contributed by atoms with E-state index in [1.54, 1.807) is 43.4 Å². The lowest BCUT2D eigenvalue weighted by molar-refractivity contribution is -0.113. The molecule has 0 spiro atoms. The van der Waals surface area contributed by atoms with Crippen LogP contribution in [0.4, 0.5) is 5.69 Å². The Balaban J connectivity index is 1.82. The van der Waals surface area contributed by atoms with Crippen molar-refractivity contribution in [2.75, 3.05) is 19.1 Å². The number of amidine groups is 1. The van der Waals surface area contributed by atoms with Gasteiger partial charge in [-0.3, -0.25) is 9.69 Å². The third kappa shape index (κ3) is 3.80. The number of anilines is 1. The molecule has 0 atom stereocenters. The van der Waals surface area contributed by atoms with Gasteiger partial charge in [0.1, 0.15) is 23.0 Å². The first kappa shape index (κ1) is 19.7. The van der Waals surface area contributed by atoms with Crippen molar-refractivity contribution in [3.8, 4) is 11.5 Å². The Bertz CT molecular complexity index is 1150. The highest BCUT2D eigenvalue weighted by Gasteiger charge is 2.33. The average molecular weight is 419 g/mol. The van der Waals surface area contributed by atoms with Crippen molar-refractivity contribution in [1.29, 1.82) is 0 Å². The molecule has 150 valence electrons. The molecule has 1 amide bonds. The maximum atomic E-state index is 13.4. The number of amides is 1. The molecule has 0 fully saturated rings. The van der Waals surface area contributed by atoms with Crippen LogP contribution in [0.5, 0.6) is 11.5 Å². The van der Waals surface area contributed by atoms with Gasteiger partial charge in [0.2, 0.25) is 0 Å². The van der Waals surface area contributed by atoms with Gasteiger partial charge in [0.25, 0.3) is 5.91 Å². The predicted molar refractivity (Wildman–Crippen MR) is 119 cm³/mol. The van der Waals surface area contributed by atoms with Crippen LogP contribution < -0.4 is 14.4 Å². The summed E-state index contributed by atoms with van der Waals surface area (Å²) >= 11 is 6.43. The highest BCUT2D eigenvalue weighted by molar-refractivity contribution is 6.39. The van der Waals surface area contributed by atoms with Gasteiger partial charge in [-0.05, 0) is 60.2 Å². The van der Waals surface area contributed by atoms with Gasteiger partial charge in [-0.1, -0.05) is 35.9 Å². The van der Waals surface area contributed by atoms with Crippen LogP contribution in [-0.2, 0) is 4.79 Å². The standard InChI is InChI=1S/C24H19ClN2O3/c1-29-18-12-10-17(11-13-18)27-23(20-8-3-4-9-21(20)25)26-22(24(27)28)15-16-6-5-7-19(14-16)30-2/h3-15H,1-2H3/b22-15+. The minimum absolute atomic E-state index is 0.238. The van der Waals surface area contributed by atoms with Crippen LogP contribution >= 0.6 is 11.6 Å². The Morgan fingerprint density at radius 3 is 2.33 bits per heavy atom. The third-order valence-electron chi connectivity index (χ3n) is 4.70. The van der Waals surface area contributed by atoms with Crippen molar-refractivity contribution in [2.45, 2.75) is 0 Å². The van der Waals surface area contributed by atoms with E-state index in [4.69, 9.17) is 21.1 Å². The lowest BCUT2D eigenvalue weighted by atomic mass is 10.1. The molecule has 0 unspecified atom stereocenters. The van der Waals surface area contributed by atoms with Crippen molar-refractivity contribution in [1.82, 2.24) is 0 Å². The molecule has 0 radical (unpaired) electrons. The first-order valence-electron chi connectivity index (χ1n) is 9.28. The van der Waals surface area contributed by atoms with Crippen LogP contribution in [0, 0.1) is 0 Å². The lowest BCUT2D eigenvalue weighted by Gasteiger charge is -2.19. The topological polar surface area (TPSA) is 51.1 Å². The van der Waals surface area contributed by atoms with Crippen LogP contribution in [0.15, 0.2) is 83.5 Å². The van der Waals surface area contributed by atoms with Gasteiger partial charge < -0.3 is 9.47 Å². The van der Waals surface area contributed by atoms with Gasteiger partial charge >= 0.3 is 0 Å². The van der Waals surface area contributed by atoms with E-state index in [9.17, 15) is 4.79 Å². The van der Waals surface area contributed by atoms with E-state index in [1.165, 1.54) is 0 Å². The molecular weight excluding hydrogens is 400 g/mol. The normalized spacial score (nSPS) is 14.8. The Hall–Kier alpha value is -3.57. The lowest BCUT2D eigenvalue weighted by Crippen LogP contribution is -2.32. The van der Waals surface area contributed by atoms with Crippen molar-refractivity contribution >= 4 is 35.1 Å². The van der Waals surface area contributed by atoms with E-state index in [0.29, 0.717) is 39.3 Å². The van der Waals surface area contributed by atoms with E-state index < -0.39 is 0 Å². The molecule has 0 saturated carbocycles. The smallest absolute Gasteiger partial charge is 0.282 e. The van der Waals surface area contributed by atoms with Crippen molar-refractivity contribution < 1.29 is 14.3 Å². The van der Waals surface area contributed by atoms with E-state index >= 15 is 0 Å².